The van der Waals surface area contributed by atoms with Crippen LogP contribution in [0, 0.1) is 12.8 Å². The molecule has 27 heavy (non-hydrogen) atoms. The molecule has 7 nitrogen and oxygen atoms in total. The number of aryl methyl sites for hydroxylation is 1. The Morgan fingerprint density at radius 1 is 1.33 bits per heavy atom. The molecule has 3 rings (SSSR count). The molecule has 0 saturated carbocycles. The Balaban J connectivity index is 1.65. The van der Waals surface area contributed by atoms with Gasteiger partial charge in [-0.1, -0.05) is 6.07 Å². The maximum Gasteiger partial charge on any atom is 0.191 e. The van der Waals surface area contributed by atoms with Crippen LogP contribution in [0.15, 0.2) is 22.5 Å². The molecule has 0 bridgehead atoms. The van der Waals surface area contributed by atoms with Gasteiger partial charge in [0, 0.05) is 31.1 Å². The van der Waals surface area contributed by atoms with E-state index < -0.39 is 0 Å². The van der Waals surface area contributed by atoms with Crippen molar-refractivity contribution in [3.63, 3.8) is 0 Å². The van der Waals surface area contributed by atoms with E-state index in [0.717, 1.165) is 30.7 Å². The molecule has 8 heteroatoms. The summed E-state index contributed by atoms with van der Waals surface area (Å²) < 4.78 is 1.98. The number of nitrogens with zero attached hydrogens (tertiary/aromatic N) is 5. The zero-order valence-corrected chi connectivity index (χ0v) is 17.6. The van der Waals surface area contributed by atoms with Crippen molar-refractivity contribution in [1.29, 1.82) is 0 Å². The molecule has 0 aliphatic carbocycles. The van der Waals surface area contributed by atoms with Gasteiger partial charge in [0.05, 0.1) is 0 Å². The van der Waals surface area contributed by atoms with E-state index in [1.165, 1.54) is 24.3 Å². The molecule has 0 amide bonds. The maximum absolute atomic E-state index is 4.71. The third-order valence-corrected chi connectivity index (χ3v) is 6.22. The second kappa shape index (κ2) is 9.32. The van der Waals surface area contributed by atoms with Crippen molar-refractivity contribution in [2.24, 2.45) is 18.0 Å². The Morgan fingerprint density at radius 3 is 2.85 bits per heavy atom. The first-order valence-corrected chi connectivity index (χ1v) is 10.6. The summed E-state index contributed by atoms with van der Waals surface area (Å²) in [5.74, 6) is 3.19. The fraction of sp³-hybridized carbons (Fsp3) is 0.632. The van der Waals surface area contributed by atoms with Crippen molar-refractivity contribution in [1.82, 2.24) is 30.3 Å². The van der Waals surface area contributed by atoms with Crippen molar-refractivity contribution in [3.05, 3.63) is 34.0 Å². The number of thiophene rings is 1. The molecule has 148 valence electrons. The summed E-state index contributed by atoms with van der Waals surface area (Å²) in [5, 5.41) is 17.4. The topological polar surface area (TPSA) is 70.4 Å². The number of aromatic nitrogens is 3. The summed E-state index contributed by atoms with van der Waals surface area (Å²) in [6, 6.07) is 4.90. The zero-order valence-electron chi connectivity index (χ0n) is 16.8. The molecule has 2 N–H and O–H groups in total. The number of hydrogen-bond acceptors (Lipinski definition) is 5. The number of guanidine groups is 1. The van der Waals surface area contributed by atoms with Crippen LogP contribution < -0.4 is 10.6 Å². The first kappa shape index (κ1) is 19.8. The van der Waals surface area contributed by atoms with Gasteiger partial charge in [-0.2, -0.15) is 0 Å². The van der Waals surface area contributed by atoms with Gasteiger partial charge in [0.25, 0.3) is 0 Å². The number of aliphatic imine (C=N–C) groups is 1. The molecule has 1 aliphatic rings. The molecule has 2 aromatic rings. The molecular formula is C19H31N7S. The fourth-order valence-corrected chi connectivity index (χ4v) is 4.67. The quantitative estimate of drug-likeness (QED) is 0.586. The predicted octanol–water partition coefficient (Wildman–Crippen LogP) is 2.32. The van der Waals surface area contributed by atoms with E-state index in [4.69, 9.17) is 4.99 Å². The number of rotatable bonds is 6. The first-order valence-electron chi connectivity index (χ1n) is 9.70. The molecule has 2 unspecified atom stereocenters. The minimum atomic E-state index is 0.482. The number of hydrogen-bond donors (Lipinski definition) is 2. The lowest BCUT2D eigenvalue weighted by Crippen LogP contribution is -2.44. The molecule has 2 aromatic heterocycles. The van der Waals surface area contributed by atoms with Crippen molar-refractivity contribution in [2.45, 2.75) is 39.3 Å². The minimum absolute atomic E-state index is 0.482. The summed E-state index contributed by atoms with van der Waals surface area (Å²) in [6.07, 6.45) is 2.48. The second-order valence-electron chi connectivity index (χ2n) is 7.14. The standard InChI is InChI=1S/C19H31N7S/c1-5-20-19(22-13-17-24-23-14(2)26(17)4)21-12-15-8-6-10-25(3)18(15)16-9-7-11-27-16/h7,9,11,15,18H,5-6,8,10,12-13H2,1-4H3,(H2,20,21,22). The van der Waals surface area contributed by atoms with Crippen molar-refractivity contribution in [2.75, 3.05) is 26.7 Å². The summed E-state index contributed by atoms with van der Waals surface area (Å²) in [5.41, 5.74) is 0. The Bertz CT molecular complexity index is 737. The van der Waals surface area contributed by atoms with Gasteiger partial charge in [0.15, 0.2) is 11.8 Å². The lowest BCUT2D eigenvalue weighted by molar-refractivity contribution is 0.125. The van der Waals surface area contributed by atoms with E-state index in [-0.39, 0.29) is 0 Å². The van der Waals surface area contributed by atoms with Crippen molar-refractivity contribution < 1.29 is 0 Å². The van der Waals surface area contributed by atoms with Crippen molar-refractivity contribution in [3.8, 4) is 0 Å². The summed E-state index contributed by atoms with van der Waals surface area (Å²) >= 11 is 1.86. The van der Waals surface area contributed by atoms with Crippen LogP contribution in [-0.2, 0) is 13.6 Å². The summed E-state index contributed by atoms with van der Waals surface area (Å²) in [7, 11) is 4.22. The normalized spacial score (nSPS) is 21.4. The fourth-order valence-electron chi connectivity index (χ4n) is 3.69. The number of piperidine rings is 1. The van der Waals surface area contributed by atoms with Crippen LogP contribution in [0.5, 0.6) is 0 Å². The van der Waals surface area contributed by atoms with E-state index in [1.54, 1.807) is 0 Å². The smallest absolute Gasteiger partial charge is 0.191 e. The van der Waals surface area contributed by atoms with Crippen LogP contribution in [0.1, 0.15) is 42.3 Å². The zero-order chi connectivity index (χ0) is 19.2. The van der Waals surface area contributed by atoms with Gasteiger partial charge in [-0.05, 0) is 57.6 Å². The monoisotopic (exact) mass is 389 g/mol. The van der Waals surface area contributed by atoms with Gasteiger partial charge in [0.2, 0.25) is 0 Å². The van der Waals surface area contributed by atoms with Crippen LogP contribution in [0.2, 0.25) is 0 Å². The highest BCUT2D eigenvalue weighted by Crippen LogP contribution is 2.36. The van der Waals surface area contributed by atoms with Crippen LogP contribution in [0.25, 0.3) is 0 Å². The largest absolute Gasteiger partial charge is 0.357 e. The van der Waals surface area contributed by atoms with Gasteiger partial charge in [0.1, 0.15) is 12.4 Å². The third-order valence-electron chi connectivity index (χ3n) is 5.28. The van der Waals surface area contributed by atoms with E-state index in [2.05, 4.69) is 57.2 Å². The average molecular weight is 390 g/mol. The molecule has 1 saturated heterocycles. The second-order valence-corrected chi connectivity index (χ2v) is 8.12. The average Bonchev–Trinajstić information content (AvgIpc) is 3.29. The van der Waals surface area contributed by atoms with E-state index in [0.29, 0.717) is 18.5 Å². The van der Waals surface area contributed by atoms with Gasteiger partial charge in [-0.15, -0.1) is 21.5 Å². The van der Waals surface area contributed by atoms with E-state index >= 15 is 0 Å². The van der Waals surface area contributed by atoms with Gasteiger partial charge in [-0.25, -0.2) is 4.99 Å². The summed E-state index contributed by atoms with van der Waals surface area (Å²) in [6.45, 7) is 7.48. The lowest BCUT2D eigenvalue weighted by atomic mass is 9.88. The first-order chi connectivity index (χ1) is 13.1. The highest BCUT2D eigenvalue weighted by Gasteiger charge is 2.31. The lowest BCUT2D eigenvalue weighted by Gasteiger charge is -2.39. The number of nitrogens with one attached hydrogen (secondary N) is 2. The SMILES string of the molecule is CCNC(=NCc1nnc(C)n1C)NCC1CCCN(C)C1c1cccs1. The van der Waals surface area contributed by atoms with Gasteiger partial charge in [-0.3, -0.25) is 4.90 Å². The predicted molar refractivity (Wildman–Crippen MR) is 111 cm³/mol. The number of likely N-dealkylation sites (tertiary alicyclic amines) is 1. The van der Waals surface area contributed by atoms with Gasteiger partial charge >= 0.3 is 0 Å². The van der Waals surface area contributed by atoms with Crippen LogP contribution in [-0.4, -0.2) is 52.3 Å². The highest BCUT2D eigenvalue weighted by molar-refractivity contribution is 7.10. The van der Waals surface area contributed by atoms with Crippen LogP contribution in [0.3, 0.4) is 0 Å². The Labute approximate surface area is 165 Å². The van der Waals surface area contributed by atoms with Crippen LogP contribution >= 0.6 is 11.3 Å². The molecular weight excluding hydrogens is 358 g/mol. The van der Waals surface area contributed by atoms with Gasteiger partial charge < -0.3 is 15.2 Å². The molecule has 0 aromatic carbocycles. The Morgan fingerprint density at radius 2 is 2.19 bits per heavy atom. The Hall–Kier alpha value is -1.93. The van der Waals surface area contributed by atoms with E-state index in [9.17, 15) is 0 Å². The molecule has 0 spiro atoms. The molecule has 0 radical (unpaired) electrons. The summed E-state index contributed by atoms with van der Waals surface area (Å²) in [4.78, 5) is 8.66. The highest BCUT2D eigenvalue weighted by atomic mass is 32.1. The minimum Gasteiger partial charge on any atom is -0.357 e. The van der Waals surface area contributed by atoms with E-state index in [1.807, 2.05) is 29.9 Å². The third kappa shape index (κ3) is 4.87. The maximum atomic E-state index is 4.71. The molecule has 3 heterocycles. The molecule has 2 atom stereocenters. The Kier molecular flexibility index (Phi) is 6.84. The van der Waals surface area contributed by atoms with Crippen LogP contribution in [0.4, 0.5) is 0 Å². The van der Waals surface area contributed by atoms with Crippen molar-refractivity contribution >= 4 is 17.3 Å². The molecule has 1 fully saturated rings. The molecule has 1 aliphatic heterocycles.